The Bertz CT molecular complexity index is 758. The van der Waals surface area contributed by atoms with Crippen LogP contribution in [0.4, 0.5) is 0 Å². The van der Waals surface area contributed by atoms with E-state index in [1.165, 1.54) is 16.3 Å². The summed E-state index contributed by atoms with van der Waals surface area (Å²) in [5, 5.41) is 5.65. The zero-order valence-corrected chi connectivity index (χ0v) is 14.1. The summed E-state index contributed by atoms with van der Waals surface area (Å²) in [6, 6.07) is 13.0. The smallest absolute Gasteiger partial charge is 0.220 e. The molecule has 2 saturated heterocycles. The fraction of sp³-hybridized carbons (Fsp3) is 0.450. The number of likely N-dealkylation sites (tertiary alicyclic amines) is 1. The summed E-state index contributed by atoms with van der Waals surface area (Å²) in [6.07, 6.45) is 1.80. The van der Waals surface area contributed by atoms with Gasteiger partial charge in [0.25, 0.3) is 0 Å². The average molecular weight is 324 g/mol. The van der Waals surface area contributed by atoms with Gasteiger partial charge in [-0.05, 0) is 42.6 Å². The number of nitrogens with zero attached hydrogens (tertiary/aromatic N) is 1. The molecule has 0 aromatic heterocycles. The molecule has 2 fully saturated rings. The summed E-state index contributed by atoms with van der Waals surface area (Å²) in [6.45, 7) is 5.55. The van der Waals surface area contributed by atoms with Crippen molar-refractivity contribution in [2.24, 2.45) is 5.92 Å². The highest BCUT2D eigenvalue weighted by molar-refractivity contribution is 5.87. The Labute approximate surface area is 142 Å². The van der Waals surface area contributed by atoms with E-state index in [0.29, 0.717) is 25.0 Å². The Morgan fingerprint density at radius 1 is 1.25 bits per heavy atom. The monoisotopic (exact) mass is 324 g/mol. The van der Waals surface area contributed by atoms with Gasteiger partial charge in [-0.2, -0.15) is 0 Å². The number of fused-ring (bicyclic) bond motifs is 2. The van der Waals surface area contributed by atoms with Crippen molar-refractivity contribution in [2.45, 2.75) is 32.4 Å². The molecule has 2 aromatic carbocycles. The van der Waals surface area contributed by atoms with Gasteiger partial charge in [0.2, 0.25) is 5.91 Å². The van der Waals surface area contributed by atoms with Crippen LogP contribution in [0.3, 0.4) is 0 Å². The number of carbonyl (C=O) groups is 1. The Hall–Kier alpha value is -2.07. The largest absolute Gasteiger partial charge is 0.494 e. The molecule has 2 atom stereocenters. The van der Waals surface area contributed by atoms with Crippen molar-refractivity contribution in [2.75, 3.05) is 19.7 Å². The minimum atomic E-state index is 0.215. The number of benzene rings is 2. The number of amides is 1. The summed E-state index contributed by atoms with van der Waals surface area (Å²) in [5.74, 6) is 1.72. The maximum Gasteiger partial charge on any atom is 0.220 e. The first kappa shape index (κ1) is 15.5. The van der Waals surface area contributed by atoms with Gasteiger partial charge in [-0.3, -0.25) is 9.69 Å². The lowest BCUT2D eigenvalue weighted by molar-refractivity contribution is -0.119. The molecule has 2 heterocycles. The van der Waals surface area contributed by atoms with Crippen molar-refractivity contribution in [3.05, 3.63) is 42.0 Å². The van der Waals surface area contributed by atoms with E-state index in [-0.39, 0.29) is 5.91 Å². The number of rotatable bonds is 4. The number of carbonyl (C=O) groups excluding carboxylic acids is 1. The maximum absolute atomic E-state index is 11.6. The third-order valence-electron chi connectivity index (χ3n) is 5.31. The summed E-state index contributed by atoms with van der Waals surface area (Å²) in [4.78, 5) is 14.1. The Morgan fingerprint density at radius 2 is 2.12 bits per heavy atom. The summed E-state index contributed by atoms with van der Waals surface area (Å²) in [7, 11) is 0. The molecule has 1 N–H and O–H groups in total. The first-order valence-corrected chi connectivity index (χ1v) is 8.89. The molecule has 0 saturated carbocycles. The van der Waals surface area contributed by atoms with E-state index >= 15 is 0 Å². The Balaban J connectivity index is 1.61. The molecule has 0 spiro atoms. The molecular formula is C20H24N2O2. The lowest BCUT2D eigenvalue weighted by atomic mass is 9.92. The van der Waals surface area contributed by atoms with Crippen LogP contribution in [0.15, 0.2) is 36.4 Å². The van der Waals surface area contributed by atoms with Crippen molar-refractivity contribution in [3.63, 3.8) is 0 Å². The van der Waals surface area contributed by atoms with E-state index in [2.05, 4.69) is 46.6 Å². The molecule has 126 valence electrons. The Kier molecular flexibility index (Phi) is 4.15. The molecule has 2 aromatic rings. The fourth-order valence-corrected chi connectivity index (χ4v) is 4.12. The van der Waals surface area contributed by atoms with Gasteiger partial charge >= 0.3 is 0 Å². The lowest BCUT2D eigenvalue weighted by Gasteiger charge is -2.34. The quantitative estimate of drug-likeness (QED) is 0.940. The van der Waals surface area contributed by atoms with Gasteiger partial charge in [-0.15, -0.1) is 0 Å². The first-order chi connectivity index (χ1) is 11.7. The molecule has 4 heteroatoms. The number of nitrogens with one attached hydrogen (secondary N) is 1. The van der Waals surface area contributed by atoms with Crippen LogP contribution in [0.1, 0.15) is 25.3 Å². The lowest BCUT2D eigenvalue weighted by Crippen LogP contribution is -2.46. The molecule has 0 radical (unpaired) electrons. The highest BCUT2D eigenvalue weighted by Gasteiger charge is 2.36. The van der Waals surface area contributed by atoms with Crippen molar-refractivity contribution >= 4 is 16.7 Å². The van der Waals surface area contributed by atoms with Crippen molar-refractivity contribution in [1.82, 2.24) is 10.2 Å². The average Bonchev–Trinajstić information content (AvgIpc) is 2.96. The minimum Gasteiger partial charge on any atom is -0.494 e. The van der Waals surface area contributed by atoms with Gasteiger partial charge in [0.05, 0.1) is 6.61 Å². The molecular weight excluding hydrogens is 300 g/mol. The molecule has 1 amide bonds. The van der Waals surface area contributed by atoms with Crippen LogP contribution in [0.5, 0.6) is 5.75 Å². The highest BCUT2D eigenvalue weighted by Crippen LogP contribution is 2.32. The van der Waals surface area contributed by atoms with Crippen LogP contribution in [0.2, 0.25) is 0 Å². The molecule has 2 aliphatic rings. The summed E-state index contributed by atoms with van der Waals surface area (Å²) < 4.78 is 5.89. The molecule has 0 bridgehead atoms. The van der Waals surface area contributed by atoms with Crippen LogP contribution < -0.4 is 10.1 Å². The number of piperidine rings is 1. The number of ether oxygens (including phenoxy) is 1. The predicted molar refractivity (Wildman–Crippen MR) is 95.0 cm³/mol. The maximum atomic E-state index is 11.6. The second-order valence-corrected chi connectivity index (χ2v) is 6.86. The van der Waals surface area contributed by atoms with Gasteiger partial charge < -0.3 is 10.1 Å². The van der Waals surface area contributed by atoms with E-state index in [9.17, 15) is 4.79 Å². The Morgan fingerprint density at radius 3 is 3.00 bits per heavy atom. The van der Waals surface area contributed by atoms with Crippen molar-refractivity contribution < 1.29 is 9.53 Å². The summed E-state index contributed by atoms with van der Waals surface area (Å²) >= 11 is 0. The van der Waals surface area contributed by atoms with E-state index in [1.54, 1.807) is 0 Å². The van der Waals surface area contributed by atoms with Crippen LogP contribution in [0, 0.1) is 5.92 Å². The third kappa shape index (κ3) is 2.86. The normalized spacial score (nSPS) is 24.0. The minimum absolute atomic E-state index is 0.215. The van der Waals surface area contributed by atoms with E-state index in [4.69, 9.17) is 4.74 Å². The van der Waals surface area contributed by atoms with Crippen LogP contribution in [0.25, 0.3) is 10.8 Å². The van der Waals surface area contributed by atoms with Gasteiger partial charge in [0, 0.05) is 31.1 Å². The van der Waals surface area contributed by atoms with Crippen molar-refractivity contribution in [1.29, 1.82) is 0 Å². The van der Waals surface area contributed by atoms with Gasteiger partial charge in [0.1, 0.15) is 5.75 Å². The van der Waals surface area contributed by atoms with Gasteiger partial charge in [0.15, 0.2) is 0 Å². The molecule has 24 heavy (non-hydrogen) atoms. The van der Waals surface area contributed by atoms with Gasteiger partial charge in [-0.25, -0.2) is 0 Å². The van der Waals surface area contributed by atoms with Crippen LogP contribution in [-0.4, -0.2) is 36.5 Å². The first-order valence-electron chi connectivity index (χ1n) is 8.89. The second-order valence-electron chi connectivity index (χ2n) is 6.86. The predicted octanol–water partition coefficient (Wildman–Crippen LogP) is 2.95. The van der Waals surface area contributed by atoms with Crippen LogP contribution in [-0.2, 0) is 11.3 Å². The van der Waals surface area contributed by atoms with Crippen LogP contribution >= 0.6 is 0 Å². The van der Waals surface area contributed by atoms with E-state index < -0.39 is 0 Å². The fourth-order valence-electron chi connectivity index (χ4n) is 4.12. The molecule has 0 aliphatic carbocycles. The summed E-state index contributed by atoms with van der Waals surface area (Å²) in [5.41, 5.74) is 1.26. The number of hydrogen-bond acceptors (Lipinski definition) is 3. The van der Waals surface area contributed by atoms with E-state index in [0.717, 1.165) is 31.8 Å². The highest BCUT2D eigenvalue weighted by atomic mass is 16.5. The van der Waals surface area contributed by atoms with E-state index in [1.807, 2.05) is 6.92 Å². The SMILES string of the molecule is CCOc1ccc2ccccc2c1CN1CC[C@@H]2CC(=O)N[C@@H]2C1. The molecule has 0 unspecified atom stereocenters. The molecule has 4 nitrogen and oxygen atoms in total. The topological polar surface area (TPSA) is 41.6 Å². The zero-order valence-electron chi connectivity index (χ0n) is 14.1. The van der Waals surface area contributed by atoms with Crippen molar-refractivity contribution in [3.8, 4) is 5.75 Å². The molecule has 4 rings (SSSR count). The zero-order chi connectivity index (χ0) is 16.5. The standard InChI is InChI=1S/C20H24N2O2/c1-2-24-19-8-7-14-5-3-4-6-16(14)17(19)12-22-10-9-15-11-20(23)21-18(15)13-22/h3-8,15,18H,2,9-13H2,1H3,(H,21,23)/t15-,18-/m1/s1. The third-order valence-corrected chi connectivity index (χ3v) is 5.31. The van der Waals surface area contributed by atoms with Gasteiger partial charge in [-0.1, -0.05) is 30.3 Å². The number of hydrogen-bond donors (Lipinski definition) is 1. The molecule has 2 aliphatic heterocycles. The second kappa shape index (κ2) is 6.44.